The van der Waals surface area contributed by atoms with Crippen LogP contribution < -0.4 is 16.0 Å². The Labute approximate surface area is 217 Å². The second-order valence-electron chi connectivity index (χ2n) is 8.11. The van der Waals surface area contributed by atoms with Gasteiger partial charge in [-0.25, -0.2) is 0 Å². The van der Waals surface area contributed by atoms with Crippen molar-refractivity contribution < 1.29 is 24.2 Å². The van der Waals surface area contributed by atoms with Gasteiger partial charge in [-0.3, -0.25) is 19.3 Å². The Balaban J connectivity index is 1.32. The maximum absolute atomic E-state index is 12.3. The number of hydrogen-bond acceptors (Lipinski definition) is 8. The van der Waals surface area contributed by atoms with Gasteiger partial charge in [0.2, 0.25) is 5.91 Å². The summed E-state index contributed by atoms with van der Waals surface area (Å²) in [5.41, 5.74) is 0.290. The normalized spacial score (nSPS) is 26.0. The van der Waals surface area contributed by atoms with Crippen molar-refractivity contribution in [1.82, 2.24) is 20.9 Å². The molecule has 1 aliphatic carbocycles. The molecule has 3 aliphatic rings. The molecular weight excluding hydrogens is 523 g/mol. The molecule has 2 unspecified atom stereocenters. The van der Waals surface area contributed by atoms with E-state index in [1.165, 1.54) is 30.4 Å². The molecule has 1 fully saturated rings. The van der Waals surface area contributed by atoms with Crippen LogP contribution in [0.4, 0.5) is 0 Å². The van der Waals surface area contributed by atoms with Crippen molar-refractivity contribution in [2.75, 3.05) is 38.5 Å². The van der Waals surface area contributed by atoms with E-state index < -0.39 is 17.9 Å². The number of thioether (sulfide) groups is 2. The van der Waals surface area contributed by atoms with Crippen LogP contribution in [0.15, 0.2) is 33.3 Å². The summed E-state index contributed by atoms with van der Waals surface area (Å²) in [5.74, 6) is -1.19. The van der Waals surface area contributed by atoms with E-state index in [4.69, 9.17) is 33.0 Å². The van der Waals surface area contributed by atoms with Crippen LogP contribution >= 0.6 is 46.7 Å². The Morgan fingerprint density at radius 3 is 2.91 bits per heavy atom. The van der Waals surface area contributed by atoms with Gasteiger partial charge in [-0.05, 0) is 19.3 Å². The number of ether oxygens (including phenoxy) is 1. The molecular formula is C21H28Cl2N4O5S2. The fourth-order valence-electron chi connectivity index (χ4n) is 3.53. The van der Waals surface area contributed by atoms with Crippen LogP contribution in [-0.4, -0.2) is 83.2 Å². The van der Waals surface area contributed by atoms with E-state index >= 15 is 0 Å². The number of amides is 2. The van der Waals surface area contributed by atoms with Gasteiger partial charge in [0, 0.05) is 31.6 Å². The van der Waals surface area contributed by atoms with Gasteiger partial charge in [-0.15, -0.1) is 11.8 Å². The summed E-state index contributed by atoms with van der Waals surface area (Å²) in [6, 6.07) is -0.983. The highest BCUT2D eigenvalue weighted by molar-refractivity contribution is 8.18. The van der Waals surface area contributed by atoms with Crippen LogP contribution in [0, 0.1) is 5.92 Å². The lowest BCUT2D eigenvalue weighted by atomic mass is 9.99. The third kappa shape index (κ3) is 8.39. The number of carbonyl (C=O) groups is 3. The molecule has 0 aromatic carbocycles. The highest BCUT2D eigenvalue weighted by Crippen LogP contribution is 2.30. The highest BCUT2D eigenvalue weighted by Gasteiger charge is 2.26. The minimum Gasteiger partial charge on any atom is -0.480 e. The molecule has 0 saturated carbocycles. The Bertz CT molecular complexity index is 885. The van der Waals surface area contributed by atoms with Crippen molar-refractivity contribution in [3.63, 3.8) is 0 Å². The van der Waals surface area contributed by atoms with Gasteiger partial charge in [0.05, 0.1) is 28.5 Å². The van der Waals surface area contributed by atoms with Crippen molar-refractivity contribution in [2.45, 2.75) is 30.2 Å². The summed E-state index contributed by atoms with van der Waals surface area (Å²) in [6.45, 7) is 4.84. The first-order valence-corrected chi connectivity index (χ1v) is 13.6. The van der Waals surface area contributed by atoms with E-state index in [0.717, 1.165) is 26.1 Å². The number of allylic oxidation sites excluding steroid dienone is 3. The summed E-state index contributed by atoms with van der Waals surface area (Å²) in [7, 11) is 0. The molecule has 0 aromatic rings. The maximum atomic E-state index is 12.3. The van der Waals surface area contributed by atoms with Gasteiger partial charge in [-0.2, -0.15) is 0 Å². The summed E-state index contributed by atoms with van der Waals surface area (Å²) in [5, 5.41) is 20.0. The summed E-state index contributed by atoms with van der Waals surface area (Å²) < 4.78 is 5.60. The predicted octanol–water partition coefficient (Wildman–Crippen LogP) is 1.85. The second kappa shape index (κ2) is 13.1. The Kier molecular flexibility index (Phi) is 10.5. The van der Waals surface area contributed by atoms with E-state index in [1.54, 1.807) is 5.41 Å². The van der Waals surface area contributed by atoms with E-state index in [1.807, 2.05) is 12.2 Å². The van der Waals surface area contributed by atoms with Gasteiger partial charge in [0.15, 0.2) is 0 Å². The molecule has 0 spiro atoms. The maximum Gasteiger partial charge on any atom is 0.325 e. The lowest BCUT2D eigenvalue weighted by Crippen LogP contribution is -2.49. The minimum absolute atomic E-state index is 0.0861. The van der Waals surface area contributed by atoms with Crippen molar-refractivity contribution in [3.05, 3.63) is 33.3 Å². The zero-order chi connectivity index (χ0) is 24.7. The zero-order valence-electron chi connectivity index (χ0n) is 18.6. The predicted molar refractivity (Wildman–Crippen MR) is 135 cm³/mol. The number of carboxylic acid groups (broad SMARTS) is 1. The quantitative estimate of drug-likeness (QED) is 0.323. The lowest BCUT2D eigenvalue weighted by molar-refractivity contribution is -0.140. The number of hydrogen-bond donors (Lipinski definition) is 4. The standard InChI is InChI=1S/C21H28Cl2N4O5S2/c1-12(20(30)31)25-19(29)17-10-33-21(26-17)34-11-18(28)24-7-14-9-27(4-5-32-14)8-13-2-3-15(22)16(23)6-13/h3,6,10,12-14,21,26H,2,4-5,7-9,11H2,1H3,(H,24,28)(H,25,29)(H,30,31)/t12-,13?,14-,21?/m0/s1. The first kappa shape index (κ1) is 27.2. The van der Waals surface area contributed by atoms with Crippen LogP contribution in [0.2, 0.25) is 0 Å². The molecule has 1 saturated heterocycles. The van der Waals surface area contributed by atoms with Crippen LogP contribution in [0.1, 0.15) is 13.3 Å². The molecule has 0 radical (unpaired) electrons. The third-order valence-corrected chi connectivity index (χ3v) is 8.48. The van der Waals surface area contributed by atoms with Crippen LogP contribution in [0.5, 0.6) is 0 Å². The first-order valence-electron chi connectivity index (χ1n) is 10.8. The highest BCUT2D eigenvalue weighted by atomic mass is 35.5. The molecule has 13 heteroatoms. The molecule has 4 N–H and O–H groups in total. The Hall–Kier alpha value is -1.37. The number of nitrogens with one attached hydrogen (secondary N) is 3. The molecule has 9 nitrogen and oxygen atoms in total. The van der Waals surface area contributed by atoms with Crippen molar-refractivity contribution in [2.24, 2.45) is 5.92 Å². The second-order valence-corrected chi connectivity index (χ2v) is 11.3. The van der Waals surface area contributed by atoms with Gasteiger partial charge < -0.3 is 25.8 Å². The molecule has 0 bridgehead atoms. The molecule has 4 atom stereocenters. The van der Waals surface area contributed by atoms with Crippen molar-refractivity contribution >= 4 is 64.5 Å². The van der Waals surface area contributed by atoms with E-state index in [-0.39, 0.29) is 22.5 Å². The Morgan fingerprint density at radius 2 is 2.18 bits per heavy atom. The fourth-order valence-corrected chi connectivity index (χ4v) is 5.86. The van der Waals surface area contributed by atoms with Gasteiger partial charge in [0.1, 0.15) is 16.4 Å². The number of rotatable bonds is 10. The largest absolute Gasteiger partial charge is 0.480 e. The number of aliphatic carboxylic acids is 1. The lowest BCUT2D eigenvalue weighted by Gasteiger charge is -2.35. The van der Waals surface area contributed by atoms with Crippen molar-refractivity contribution in [3.8, 4) is 0 Å². The number of carbonyl (C=O) groups excluding carboxylic acids is 2. The van der Waals surface area contributed by atoms with Gasteiger partial charge in [0.25, 0.3) is 5.91 Å². The third-order valence-electron chi connectivity index (χ3n) is 5.36. The average molecular weight is 552 g/mol. The number of morpholine rings is 1. The number of carboxylic acids is 1. The smallest absolute Gasteiger partial charge is 0.325 e. The fraction of sp³-hybridized carbons (Fsp3) is 0.571. The topological polar surface area (TPSA) is 120 Å². The summed E-state index contributed by atoms with van der Waals surface area (Å²) in [6.07, 6.45) is 4.72. The van der Waals surface area contributed by atoms with E-state index in [9.17, 15) is 14.4 Å². The van der Waals surface area contributed by atoms with Crippen LogP contribution in [-0.2, 0) is 19.1 Å². The molecule has 2 amide bonds. The van der Waals surface area contributed by atoms with Gasteiger partial charge in [-0.1, -0.05) is 47.1 Å². The van der Waals surface area contributed by atoms with E-state index in [0.29, 0.717) is 34.8 Å². The SMILES string of the molecule is C[C@H](NC(=O)C1=CSC(SCC(=O)NC[C@H]2CN(CC3C=C(Cl)C(Cl)=CC3)CCO2)N1)C(=O)O. The molecule has 34 heavy (non-hydrogen) atoms. The van der Waals surface area contributed by atoms with Crippen molar-refractivity contribution in [1.29, 1.82) is 0 Å². The monoisotopic (exact) mass is 550 g/mol. The van der Waals surface area contributed by atoms with Crippen LogP contribution in [0.3, 0.4) is 0 Å². The average Bonchev–Trinajstić information content (AvgIpc) is 3.28. The summed E-state index contributed by atoms with van der Waals surface area (Å²) in [4.78, 5) is 37.5. The first-order chi connectivity index (χ1) is 16.2. The molecule has 3 rings (SSSR count). The molecule has 188 valence electrons. The van der Waals surface area contributed by atoms with Crippen LogP contribution in [0.25, 0.3) is 0 Å². The zero-order valence-corrected chi connectivity index (χ0v) is 21.7. The Morgan fingerprint density at radius 1 is 1.38 bits per heavy atom. The number of nitrogens with zero attached hydrogens (tertiary/aromatic N) is 1. The number of halogens is 2. The van der Waals surface area contributed by atoms with Gasteiger partial charge >= 0.3 is 5.97 Å². The van der Waals surface area contributed by atoms with E-state index in [2.05, 4.69) is 20.9 Å². The molecule has 2 aliphatic heterocycles. The minimum atomic E-state index is -1.11. The molecule has 2 heterocycles. The molecule has 0 aromatic heterocycles. The summed E-state index contributed by atoms with van der Waals surface area (Å²) >= 11 is 14.9.